The molecule has 1 aromatic rings. The minimum absolute atomic E-state index is 0.189. The molecular weight excluding hydrogens is 198 g/mol. The number of hydrogen-bond donors (Lipinski definition) is 1. The van der Waals surface area contributed by atoms with Crippen molar-refractivity contribution in [3.05, 3.63) is 34.9 Å². The summed E-state index contributed by atoms with van der Waals surface area (Å²) in [7, 11) is 0. The molecule has 88 valence electrons. The third-order valence-electron chi connectivity index (χ3n) is 2.67. The molecule has 0 saturated carbocycles. The number of unbranched alkanes of at least 4 members (excludes halogenated alkanes) is 1. The number of benzene rings is 1. The monoisotopic (exact) mass is 219 g/mol. The van der Waals surface area contributed by atoms with Gasteiger partial charge >= 0.3 is 0 Å². The lowest BCUT2D eigenvalue weighted by molar-refractivity contribution is 0.0990. The van der Waals surface area contributed by atoms with Gasteiger partial charge in [-0.05, 0) is 32.4 Å². The van der Waals surface area contributed by atoms with Crippen molar-refractivity contribution in [2.45, 2.75) is 33.6 Å². The maximum absolute atomic E-state index is 11.9. The summed E-state index contributed by atoms with van der Waals surface area (Å²) in [6.07, 6.45) is 2.28. The van der Waals surface area contributed by atoms with Crippen molar-refractivity contribution in [2.75, 3.05) is 13.1 Å². The zero-order valence-electron chi connectivity index (χ0n) is 10.5. The average molecular weight is 219 g/mol. The molecule has 2 heteroatoms. The van der Waals surface area contributed by atoms with Crippen LogP contribution in [0, 0.1) is 13.8 Å². The van der Waals surface area contributed by atoms with Gasteiger partial charge in [-0.25, -0.2) is 0 Å². The first-order valence-corrected chi connectivity index (χ1v) is 5.96. The van der Waals surface area contributed by atoms with Crippen molar-refractivity contribution in [1.29, 1.82) is 0 Å². The summed E-state index contributed by atoms with van der Waals surface area (Å²) in [5.74, 6) is 0.189. The lowest BCUT2D eigenvalue weighted by Crippen LogP contribution is -2.24. The molecule has 1 aromatic carbocycles. The summed E-state index contributed by atoms with van der Waals surface area (Å²) in [4.78, 5) is 11.9. The molecule has 2 nitrogen and oxygen atoms in total. The van der Waals surface area contributed by atoms with E-state index in [0.717, 1.165) is 30.5 Å². The van der Waals surface area contributed by atoms with Crippen LogP contribution in [0.5, 0.6) is 0 Å². The largest absolute Gasteiger partial charge is 0.310 e. The van der Waals surface area contributed by atoms with Crippen molar-refractivity contribution in [3.63, 3.8) is 0 Å². The van der Waals surface area contributed by atoms with E-state index in [2.05, 4.69) is 18.3 Å². The van der Waals surface area contributed by atoms with E-state index in [0.29, 0.717) is 6.54 Å². The quantitative estimate of drug-likeness (QED) is 0.589. The van der Waals surface area contributed by atoms with Gasteiger partial charge in [0.2, 0.25) is 0 Å². The van der Waals surface area contributed by atoms with Crippen LogP contribution in [0.3, 0.4) is 0 Å². The van der Waals surface area contributed by atoms with Crippen LogP contribution in [0.1, 0.15) is 41.3 Å². The molecule has 0 amide bonds. The van der Waals surface area contributed by atoms with Gasteiger partial charge in [0.25, 0.3) is 0 Å². The van der Waals surface area contributed by atoms with Gasteiger partial charge in [-0.3, -0.25) is 4.79 Å². The number of ketones is 1. The van der Waals surface area contributed by atoms with Gasteiger partial charge in [0.05, 0.1) is 6.54 Å². The minimum atomic E-state index is 0.189. The maximum Gasteiger partial charge on any atom is 0.176 e. The Labute approximate surface area is 98.1 Å². The fourth-order valence-corrected chi connectivity index (χ4v) is 1.73. The molecule has 0 unspecified atom stereocenters. The maximum atomic E-state index is 11.9. The summed E-state index contributed by atoms with van der Waals surface area (Å²) >= 11 is 0. The van der Waals surface area contributed by atoms with Crippen LogP contribution in [-0.4, -0.2) is 18.9 Å². The highest BCUT2D eigenvalue weighted by atomic mass is 16.1. The summed E-state index contributed by atoms with van der Waals surface area (Å²) < 4.78 is 0. The van der Waals surface area contributed by atoms with E-state index < -0.39 is 0 Å². The van der Waals surface area contributed by atoms with Crippen LogP contribution >= 0.6 is 0 Å². The summed E-state index contributed by atoms with van der Waals surface area (Å²) in [6, 6.07) is 5.97. The lowest BCUT2D eigenvalue weighted by atomic mass is 10.0. The van der Waals surface area contributed by atoms with Gasteiger partial charge in [-0.1, -0.05) is 37.1 Å². The van der Waals surface area contributed by atoms with Gasteiger partial charge in [0.15, 0.2) is 5.78 Å². The normalized spacial score (nSPS) is 10.4. The van der Waals surface area contributed by atoms with Crippen LogP contribution in [0.2, 0.25) is 0 Å². The fourth-order valence-electron chi connectivity index (χ4n) is 1.73. The third-order valence-corrected chi connectivity index (χ3v) is 2.67. The number of carbonyl (C=O) groups is 1. The second kappa shape index (κ2) is 6.44. The molecule has 0 saturated heterocycles. The first kappa shape index (κ1) is 12.9. The molecule has 0 radical (unpaired) electrons. The smallest absolute Gasteiger partial charge is 0.176 e. The molecule has 1 N–H and O–H groups in total. The zero-order valence-corrected chi connectivity index (χ0v) is 10.5. The Morgan fingerprint density at radius 2 is 2.06 bits per heavy atom. The molecule has 0 aliphatic rings. The number of Topliss-reactive ketones (excluding diaryl/α,β-unsaturated/α-hetero) is 1. The van der Waals surface area contributed by atoms with E-state index in [1.165, 1.54) is 5.56 Å². The van der Waals surface area contributed by atoms with Crippen molar-refractivity contribution in [3.8, 4) is 0 Å². The topological polar surface area (TPSA) is 29.1 Å². The molecule has 0 bridgehead atoms. The first-order valence-electron chi connectivity index (χ1n) is 5.96. The molecule has 0 heterocycles. The highest BCUT2D eigenvalue weighted by Gasteiger charge is 2.07. The number of rotatable bonds is 6. The van der Waals surface area contributed by atoms with Gasteiger partial charge in [-0.15, -0.1) is 0 Å². The molecule has 1 rings (SSSR count). The van der Waals surface area contributed by atoms with Gasteiger partial charge in [0.1, 0.15) is 0 Å². The molecule has 0 spiro atoms. The Morgan fingerprint density at radius 3 is 2.69 bits per heavy atom. The van der Waals surface area contributed by atoms with E-state index in [-0.39, 0.29) is 5.78 Å². The van der Waals surface area contributed by atoms with E-state index in [9.17, 15) is 4.79 Å². The average Bonchev–Trinajstić information content (AvgIpc) is 2.24. The molecule has 0 aliphatic carbocycles. The third kappa shape index (κ3) is 3.78. The van der Waals surface area contributed by atoms with Crippen LogP contribution in [-0.2, 0) is 0 Å². The molecule has 0 aromatic heterocycles. The van der Waals surface area contributed by atoms with E-state index in [1.807, 2.05) is 26.0 Å². The lowest BCUT2D eigenvalue weighted by Gasteiger charge is -2.07. The molecular formula is C14H21NO. The number of carbonyl (C=O) groups excluding carboxylic acids is 1. The fraction of sp³-hybridized carbons (Fsp3) is 0.500. The van der Waals surface area contributed by atoms with E-state index in [4.69, 9.17) is 0 Å². The number of nitrogens with one attached hydrogen (secondary N) is 1. The second-order valence-corrected chi connectivity index (χ2v) is 4.27. The predicted octanol–water partition coefficient (Wildman–Crippen LogP) is 2.88. The van der Waals surface area contributed by atoms with Crippen LogP contribution in [0.25, 0.3) is 0 Å². The van der Waals surface area contributed by atoms with Crippen molar-refractivity contribution in [2.24, 2.45) is 0 Å². The highest BCUT2D eigenvalue weighted by Crippen LogP contribution is 2.10. The van der Waals surface area contributed by atoms with E-state index in [1.54, 1.807) is 0 Å². The Morgan fingerprint density at radius 1 is 1.31 bits per heavy atom. The van der Waals surface area contributed by atoms with Gasteiger partial charge < -0.3 is 5.32 Å². The summed E-state index contributed by atoms with van der Waals surface area (Å²) in [5, 5.41) is 3.18. The van der Waals surface area contributed by atoms with Gasteiger partial charge in [0, 0.05) is 5.56 Å². The van der Waals surface area contributed by atoms with Crippen LogP contribution in [0.4, 0.5) is 0 Å². The zero-order chi connectivity index (χ0) is 12.0. The SMILES string of the molecule is CCCCNCC(=O)c1ccc(C)cc1C. The molecule has 0 fully saturated rings. The van der Waals surface area contributed by atoms with E-state index >= 15 is 0 Å². The predicted molar refractivity (Wildman–Crippen MR) is 68.0 cm³/mol. The second-order valence-electron chi connectivity index (χ2n) is 4.27. The standard InChI is InChI=1S/C14H21NO/c1-4-5-8-15-10-14(16)13-7-6-11(2)9-12(13)3/h6-7,9,15H,4-5,8,10H2,1-3H3. The highest BCUT2D eigenvalue weighted by molar-refractivity contribution is 5.98. The summed E-state index contributed by atoms with van der Waals surface area (Å²) in [5.41, 5.74) is 3.12. The van der Waals surface area contributed by atoms with Crippen molar-refractivity contribution < 1.29 is 4.79 Å². The Bertz CT molecular complexity index is 358. The number of hydrogen-bond acceptors (Lipinski definition) is 2. The molecule has 0 atom stereocenters. The molecule has 0 aliphatic heterocycles. The Balaban J connectivity index is 2.53. The Hall–Kier alpha value is -1.15. The van der Waals surface area contributed by atoms with Crippen molar-refractivity contribution >= 4 is 5.78 Å². The molecule has 16 heavy (non-hydrogen) atoms. The summed E-state index contributed by atoms with van der Waals surface area (Å²) in [6.45, 7) is 7.55. The Kier molecular flexibility index (Phi) is 5.20. The first-order chi connectivity index (χ1) is 7.65. The van der Waals surface area contributed by atoms with Gasteiger partial charge in [-0.2, -0.15) is 0 Å². The number of aryl methyl sites for hydroxylation is 2. The van der Waals surface area contributed by atoms with Crippen LogP contribution < -0.4 is 5.32 Å². The van der Waals surface area contributed by atoms with Crippen molar-refractivity contribution in [1.82, 2.24) is 5.32 Å². The minimum Gasteiger partial charge on any atom is -0.310 e. The van der Waals surface area contributed by atoms with Crippen LogP contribution in [0.15, 0.2) is 18.2 Å².